The number of esters is 1. The summed E-state index contributed by atoms with van der Waals surface area (Å²) in [7, 11) is 2.00. The molecule has 0 aliphatic heterocycles. The fraction of sp³-hybridized carbons (Fsp3) is 0.593. The second-order valence-electron chi connectivity index (χ2n) is 11.2. The molecule has 8 nitrogen and oxygen atoms in total. The molecule has 0 aliphatic carbocycles. The molecule has 0 spiro atoms. The number of aryl methyl sites for hydroxylation is 2. The molecule has 1 aromatic carbocycles. The third kappa shape index (κ3) is 10.2. The van der Waals surface area contributed by atoms with Crippen molar-refractivity contribution in [2.45, 2.75) is 85.5 Å². The van der Waals surface area contributed by atoms with E-state index < -0.39 is 11.7 Å². The summed E-state index contributed by atoms with van der Waals surface area (Å²) in [4.78, 5) is 29.1. The molecular weight excluding hydrogens is 446 g/mol. The maximum Gasteiger partial charge on any atom is 0.306 e. The molecule has 0 aliphatic rings. The molecule has 2 aromatic rings. The van der Waals surface area contributed by atoms with Crippen molar-refractivity contribution in [3.05, 3.63) is 36.7 Å². The van der Waals surface area contributed by atoms with Gasteiger partial charge in [0.2, 0.25) is 6.20 Å². The van der Waals surface area contributed by atoms with E-state index in [0.717, 1.165) is 30.5 Å². The Labute approximate surface area is 209 Å². The van der Waals surface area contributed by atoms with Crippen LogP contribution in [0.15, 0.2) is 36.7 Å². The Balaban J connectivity index is 1.88. The zero-order chi connectivity index (χ0) is 26.2. The van der Waals surface area contributed by atoms with E-state index >= 15 is 0 Å². The monoisotopic (exact) mass is 488 g/mol. The largest absolute Gasteiger partial charge is 0.490 e. The number of benzene rings is 1. The van der Waals surface area contributed by atoms with Gasteiger partial charge in [-0.05, 0) is 56.7 Å². The van der Waals surface area contributed by atoms with E-state index in [-0.39, 0.29) is 23.8 Å². The molecule has 1 heterocycles. The lowest BCUT2D eigenvalue weighted by Crippen LogP contribution is -2.37. The number of unbranched alkanes of at least 4 members (excludes halogenated alkanes) is 1. The Bertz CT molecular complexity index is 968. The van der Waals surface area contributed by atoms with Crippen molar-refractivity contribution in [1.29, 1.82) is 0 Å². The Hall–Kier alpha value is -2.71. The van der Waals surface area contributed by atoms with Gasteiger partial charge in [-0.3, -0.25) is 14.4 Å². The average Bonchev–Trinajstić information content (AvgIpc) is 3.10. The minimum atomic E-state index is -0.794. The van der Waals surface area contributed by atoms with Gasteiger partial charge in [-0.1, -0.05) is 32.9 Å². The lowest BCUT2D eigenvalue weighted by atomic mass is 9.88. The molecule has 0 radical (unpaired) electrons. The van der Waals surface area contributed by atoms with E-state index in [0.29, 0.717) is 18.6 Å². The van der Waals surface area contributed by atoms with Gasteiger partial charge in [-0.2, -0.15) is 4.68 Å². The fourth-order valence-corrected chi connectivity index (χ4v) is 3.63. The van der Waals surface area contributed by atoms with E-state index in [1.54, 1.807) is 0 Å². The summed E-state index contributed by atoms with van der Waals surface area (Å²) in [6.45, 7) is 12.5. The van der Waals surface area contributed by atoms with E-state index in [2.05, 4.69) is 17.1 Å². The van der Waals surface area contributed by atoms with Crippen molar-refractivity contribution >= 4 is 11.8 Å². The molecule has 8 heteroatoms. The topological polar surface area (TPSA) is 96.7 Å². The first-order chi connectivity index (χ1) is 16.3. The van der Waals surface area contributed by atoms with Crippen molar-refractivity contribution in [2.75, 3.05) is 6.61 Å². The highest BCUT2D eigenvalue weighted by molar-refractivity contribution is 5.83. The molecule has 194 valence electrons. The number of hydrogen-bond acceptors (Lipinski definition) is 6. The van der Waals surface area contributed by atoms with Gasteiger partial charge in [0, 0.05) is 12.8 Å². The van der Waals surface area contributed by atoms with Crippen molar-refractivity contribution in [3.8, 4) is 16.9 Å². The third-order valence-electron chi connectivity index (χ3n) is 5.27. The Morgan fingerprint density at radius 2 is 1.69 bits per heavy atom. The fourth-order valence-electron chi connectivity index (χ4n) is 3.63. The lowest BCUT2D eigenvalue weighted by molar-refractivity contribution is -0.753. The van der Waals surface area contributed by atoms with Crippen LogP contribution in [-0.4, -0.2) is 34.7 Å². The van der Waals surface area contributed by atoms with Gasteiger partial charge in [0.25, 0.3) is 0 Å². The molecule has 0 unspecified atom stereocenters. The van der Waals surface area contributed by atoms with Crippen LogP contribution in [-0.2, 0) is 32.8 Å². The van der Waals surface area contributed by atoms with Gasteiger partial charge in [0.05, 0.1) is 18.3 Å². The first kappa shape index (κ1) is 28.5. The van der Waals surface area contributed by atoms with E-state index in [1.165, 1.54) is 0 Å². The molecule has 0 bridgehead atoms. The maximum atomic E-state index is 12.4. The van der Waals surface area contributed by atoms with Gasteiger partial charge in [0.1, 0.15) is 18.0 Å². The number of nitrogens with zero attached hydrogens (tertiary/aromatic N) is 2. The molecule has 0 saturated heterocycles. The molecule has 2 rings (SSSR count). The molecule has 1 aromatic heterocycles. The van der Waals surface area contributed by atoms with Gasteiger partial charge in [-0.15, -0.1) is 4.68 Å². The Morgan fingerprint density at radius 3 is 2.26 bits per heavy atom. The van der Waals surface area contributed by atoms with Crippen molar-refractivity contribution in [1.82, 2.24) is 4.68 Å². The predicted octanol–water partition coefficient (Wildman–Crippen LogP) is 4.13. The average molecular weight is 489 g/mol. The van der Waals surface area contributed by atoms with Crippen LogP contribution < -0.4 is 15.3 Å². The van der Waals surface area contributed by atoms with Crippen LogP contribution in [0.1, 0.15) is 67.2 Å². The summed E-state index contributed by atoms with van der Waals surface area (Å²) < 4.78 is 15.3. The van der Waals surface area contributed by atoms with Crippen molar-refractivity contribution in [3.63, 3.8) is 0 Å². The second-order valence-corrected chi connectivity index (χ2v) is 11.2. The molecule has 0 amide bonds. The molecule has 35 heavy (non-hydrogen) atoms. The molecule has 1 atom stereocenters. The first-order valence-corrected chi connectivity index (χ1v) is 12.2. The number of aromatic nitrogens is 2. The zero-order valence-corrected chi connectivity index (χ0v) is 22.3. The number of carbonyl (C=O) groups is 2. The smallest absolute Gasteiger partial charge is 0.306 e. The molecular formula is C27H42N3O5+. The zero-order valence-electron chi connectivity index (χ0n) is 22.3. The minimum absolute atomic E-state index is 0.0688. The van der Waals surface area contributed by atoms with E-state index in [9.17, 15) is 9.59 Å². The number of rotatable bonds is 12. The van der Waals surface area contributed by atoms with Gasteiger partial charge in [-0.25, -0.2) is 5.90 Å². The third-order valence-corrected chi connectivity index (χ3v) is 5.27. The number of Topliss-reactive ketones (excluding diaryl/α,β-unsaturated/α-hetero) is 1. The quantitative estimate of drug-likeness (QED) is 0.209. The predicted molar refractivity (Wildman–Crippen MR) is 134 cm³/mol. The number of hydrogen-bond donors (Lipinski definition) is 1. The first-order valence-electron chi connectivity index (χ1n) is 12.2. The summed E-state index contributed by atoms with van der Waals surface area (Å²) >= 11 is 0. The minimum Gasteiger partial charge on any atom is -0.490 e. The van der Waals surface area contributed by atoms with Crippen LogP contribution >= 0.6 is 0 Å². The van der Waals surface area contributed by atoms with E-state index in [4.69, 9.17) is 20.2 Å². The Kier molecular flexibility index (Phi) is 10.0. The number of carbonyl (C=O) groups excluding carboxylic acids is 2. The van der Waals surface area contributed by atoms with Crippen molar-refractivity contribution < 1.29 is 28.6 Å². The maximum absolute atomic E-state index is 12.4. The molecule has 2 N–H and O–H groups in total. The number of nitrogens with two attached hydrogens (primary N) is 1. The molecule has 0 fully saturated rings. The Morgan fingerprint density at radius 1 is 1.03 bits per heavy atom. The summed E-state index contributed by atoms with van der Waals surface area (Å²) in [5.41, 5.74) is 1.55. The van der Waals surface area contributed by atoms with Crippen LogP contribution in [0.3, 0.4) is 0 Å². The highest BCUT2D eigenvalue weighted by Gasteiger charge is 2.25. The van der Waals surface area contributed by atoms with Gasteiger partial charge >= 0.3 is 5.97 Å². The van der Waals surface area contributed by atoms with Gasteiger partial charge in [0.15, 0.2) is 18.9 Å². The lowest BCUT2D eigenvalue weighted by Gasteiger charge is -2.21. The summed E-state index contributed by atoms with van der Waals surface area (Å²) in [5.74, 6) is 5.75. The summed E-state index contributed by atoms with van der Waals surface area (Å²) in [6.07, 6.45) is 5.81. The summed E-state index contributed by atoms with van der Waals surface area (Å²) in [6, 6.07) is 7.70. The highest BCUT2D eigenvalue weighted by Crippen LogP contribution is 2.23. The standard InChI is InChI=1S/C27H42N3O5/c1-26(2,3)16-23(31)24(35-28)19-33-22-13-11-20(12-14-22)21-17-29(7)30(18-21)15-9-8-10-25(32)34-27(4,5)6/h11-14,17-18,24H,8-10,15-16,19,28H2,1-7H3/q+1/t24-/m0/s1. The second kappa shape index (κ2) is 12.3. The highest BCUT2D eigenvalue weighted by atomic mass is 16.6. The van der Waals surface area contributed by atoms with Gasteiger partial charge < -0.3 is 9.47 Å². The van der Waals surface area contributed by atoms with Crippen LogP contribution in [0.2, 0.25) is 0 Å². The van der Waals surface area contributed by atoms with E-state index in [1.807, 2.05) is 77.5 Å². The van der Waals surface area contributed by atoms with Crippen molar-refractivity contribution in [2.24, 2.45) is 18.4 Å². The number of ether oxygens (including phenoxy) is 2. The SMILES string of the molecule is C[n+]1cc(-c2ccc(OC[C@H](ON)C(=O)CC(C)(C)C)cc2)cn1CCCCC(=O)OC(C)(C)C. The van der Waals surface area contributed by atoms with Crippen LogP contribution in [0.5, 0.6) is 5.75 Å². The normalized spacial score (nSPS) is 12.9. The van der Waals surface area contributed by atoms with Crippen LogP contribution in [0.25, 0.3) is 11.1 Å². The summed E-state index contributed by atoms with van der Waals surface area (Å²) in [5, 5.41) is 0. The number of ketones is 1. The van der Waals surface area contributed by atoms with Crippen LogP contribution in [0, 0.1) is 5.41 Å². The van der Waals surface area contributed by atoms with Crippen LogP contribution in [0.4, 0.5) is 0 Å². The molecule has 0 saturated carbocycles.